The fraction of sp³-hybridized carbons (Fsp3) is 0.267. The quantitative estimate of drug-likeness (QED) is 0.632. The van der Waals surface area contributed by atoms with E-state index in [9.17, 15) is 0 Å². The zero-order valence-electron chi connectivity index (χ0n) is 11.0. The minimum atomic E-state index is 0.563. The molecule has 1 aliphatic carbocycles. The molecule has 20 heavy (non-hydrogen) atoms. The normalized spacial score (nSPS) is 13.9. The van der Waals surface area contributed by atoms with E-state index in [1.165, 1.54) is 16.9 Å². The van der Waals surface area contributed by atoms with Crippen molar-refractivity contribution in [3.8, 4) is 11.5 Å². The maximum Gasteiger partial charge on any atom is 0.180 e. The van der Waals surface area contributed by atoms with Crippen molar-refractivity contribution >= 4 is 33.2 Å². The molecule has 0 bridgehead atoms. The van der Waals surface area contributed by atoms with Crippen LogP contribution in [0.1, 0.15) is 22.4 Å². The van der Waals surface area contributed by atoms with Crippen LogP contribution in [0.15, 0.2) is 18.3 Å². The summed E-state index contributed by atoms with van der Waals surface area (Å²) in [5.41, 5.74) is 3.28. The zero-order valence-corrected chi connectivity index (χ0v) is 12.6. The van der Waals surface area contributed by atoms with Crippen molar-refractivity contribution in [2.24, 2.45) is 0 Å². The molecular weight excluding hydrogens is 290 g/mol. The highest BCUT2D eigenvalue weighted by Gasteiger charge is 2.22. The molecule has 0 fully saturated rings. The Bertz CT molecular complexity index is 825. The summed E-state index contributed by atoms with van der Waals surface area (Å²) in [6, 6.07) is 3.95. The molecule has 0 radical (unpaired) electrons. The van der Waals surface area contributed by atoms with Gasteiger partial charge in [-0.05, 0) is 49.4 Å². The second kappa shape index (κ2) is 4.50. The van der Waals surface area contributed by atoms with Crippen LogP contribution in [0.25, 0.3) is 21.7 Å². The van der Waals surface area contributed by atoms with E-state index < -0.39 is 0 Å². The number of fused-ring (bicyclic) bond motifs is 3. The smallest absolute Gasteiger partial charge is 0.180 e. The van der Waals surface area contributed by atoms with Crippen molar-refractivity contribution in [3.05, 3.63) is 39.5 Å². The van der Waals surface area contributed by atoms with Crippen molar-refractivity contribution in [1.29, 1.82) is 0 Å². The first-order chi connectivity index (χ1) is 9.72. The molecule has 0 aliphatic heterocycles. The zero-order chi connectivity index (χ0) is 13.7. The predicted octanol–water partition coefficient (Wildman–Crippen LogP) is 4.20. The van der Waals surface area contributed by atoms with E-state index in [2.05, 4.69) is 15.0 Å². The number of hydrogen-bond donors (Lipinski definition) is 0. The molecule has 0 unspecified atom stereocenters. The van der Waals surface area contributed by atoms with Gasteiger partial charge in [0.05, 0.1) is 5.39 Å². The van der Waals surface area contributed by atoms with Crippen LogP contribution < -0.4 is 0 Å². The lowest BCUT2D eigenvalue weighted by Crippen LogP contribution is -1.93. The van der Waals surface area contributed by atoms with E-state index in [1.54, 1.807) is 17.5 Å². The number of aromatic nitrogens is 3. The summed E-state index contributed by atoms with van der Waals surface area (Å²) in [5, 5.41) is 1.62. The maximum absolute atomic E-state index is 6.40. The molecule has 3 aromatic rings. The van der Waals surface area contributed by atoms with Crippen LogP contribution in [0.5, 0.6) is 0 Å². The van der Waals surface area contributed by atoms with E-state index in [0.717, 1.165) is 34.3 Å². The van der Waals surface area contributed by atoms with E-state index in [-0.39, 0.29) is 0 Å². The van der Waals surface area contributed by atoms with Crippen molar-refractivity contribution in [2.45, 2.75) is 26.2 Å². The molecule has 0 N–H and O–H groups in total. The average molecular weight is 302 g/mol. The molecule has 5 heteroatoms. The first kappa shape index (κ1) is 12.2. The molecule has 0 saturated heterocycles. The molecule has 0 aromatic carbocycles. The number of pyridine rings is 1. The predicted molar refractivity (Wildman–Crippen MR) is 82.4 cm³/mol. The van der Waals surface area contributed by atoms with Crippen LogP contribution in [0.3, 0.4) is 0 Å². The Morgan fingerprint density at radius 3 is 3.00 bits per heavy atom. The topological polar surface area (TPSA) is 38.7 Å². The Morgan fingerprint density at radius 1 is 1.25 bits per heavy atom. The van der Waals surface area contributed by atoms with Gasteiger partial charge in [-0.2, -0.15) is 0 Å². The SMILES string of the molecule is Cc1ccnc(-c2nc(Cl)c3c4c(sc3n2)CCC4)c1. The summed E-state index contributed by atoms with van der Waals surface area (Å²) in [6.45, 7) is 2.03. The van der Waals surface area contributed by atoms with Crippen LogP contribution in [0.4, 0.5) is 0 Å². The van der Waals surface area contributed by atoms with Crippen LogP contribution in [-0.4, -0.2) is 15.0 Å². The van der Waals surface area contributed by atoms with Gasteiger partial charge in [0.1, 0.15) is 15.7 Å². The van der Waals surface area contributed by atoms with Gasteiger partial charge in [0.15, 0.2) is 5.82 Å². The number of aryl methyl sites for hydroxylation is 3. The number of hydrogen-bond acceptors (Lipinski definition) is 4. The minimum Gasteiger partial charge on any atom is -0.253 e. The molecule has 3 heterocycles. The van der Waals surface area contributed by atoms with Gasteiger partial charge in [-0.15, -0.1) is 11.3 Å². The second-order valence-electron chi connectivity index (χ2n) is 5.09. The van der Waals surface area contributed by atoms with Crippen molar-refractivity contribution in [2.75, 3.05) is 0 Å². The first-order valence-electron chi connectivity index (χ1n) is 6.63. The molecular formula is C15H12ClN3S. The Labute approximate surface area is 125 Å². The van der Waals surface area contributed by atoms with E-state index >= 15 is 0 Å². The van der Waals surface area contributed by atoms with E-state index in [0.29, 0.717) is 11.0 Å². The summed E-state index contributed by atoms with van der Waals surface area (Å²) < 4.78 is 0. The highest BCUT2D eigenvalue weighted by Crippen LogP contribution is 2.39. The van der Waals surface area contributed by atoms with Crippen molar-refractivity contribution in [3.63, 3.8) is 0 Å². The van der Waals surface area contributed by atoms with Crippen LogP contribution in [0, 0.1) is 6.92 Å². The Morgan fingerprint density at radius 2 is 2.15 bits per heavy atom. The third kappa shape index (κ3) is 1.83. The molecule has 100 valence electrons. The fourth-order valence-electron chi connectivity index (χ4n) is 2.72. The summed E-state index contributed by atoms with van der Waals surface area (Å²) in [6.07, 6.45) is 5.24. The van der Waals surface area contributed by atoms with Crippen molar-refractivity contribution < 1.29 is 0 Å². The van der Waals surface area contributed by atoms with Gasteiger partial charge < -0.3 is 0 Å². The van der Waals surface area contributed by atoms with Gasteiger partial charge in [0.2, 0.25) is 0 Å². The summed E-state index contributed by atoms with van der Waals surface area (Å²) in [7, 11) is 0. The lowest BCUT2D eigenvalue weighted by Gasteiger charge is -2.03. The third-order valence-electron chi connectivity index (χ3n) is 3.67. The third-order valence-corrected chi connectivity index (χ3v) is 5.12. The highest BCUT2D eigenvalue weighted by molar-refractivity contribution is 7.19. The van der Waals surface area contributed by atoms with E-state index in [4.69, 9.17) is 11.6 Å². The molecule has 0 saturated carbocycles. The van der Waals surface area contributed by atoms with Crippen LogP contribution in [-0.2, 0) is 12.8 Å². The van der Waals surface area contributed by atoms with Gasteiger partial charge in [-0.25, -0.2) is 9.97 Å². The number of rotatable bonds is 1. The summed E-state index contributed by atoms with van der Waals surface area (Å²) in [4.78, 5) is 15.9. The largest absolute Gasteiger partial charge is 0.253 e. The van der Waals surface area contributed by atoms with Gasteiger partial charge in [-0.3, -0.25) is 4.98 Å². The molecule has 3 aromatic heterocycles. The Balaban J connectivity index is 1.95. The average Bonchev–Trinajstić information content (AvgIpc) is 2.98. The lowest BCUT2D eigenvalue weighted by atomic mass is 10.2. The molecule has 4 rings (SSSR count). The van der Waals surface area contributed by atoms with Crippen LogP contribution >= 0.6 is 22.9 Å². The molecule has 1 aliphatic rings. The van der Waals surface area contributed by atoms with Gasteiger partial charge >= 0.3 is 0 Å². The highest BCUT2D eigenvalue weighted by atomic mass is 35.5. The van der Waals surface area contributed by atoms with Crippen LogP contribution in [0.2, 0.25) is 5.15 Å². The minimum absolute atomic E-state index is 0.563. The second-order valence-corrected chi connectivity index (χ2v) is 6.54. The van der Waals surface area contributed by atoms with E-state index in [1.807, 2.05) is 19.1 Å². The summed E-state index contributed by atoms with van der Waals surface area (Å²) >= 11 is 8.15. The maximum atomic E-state index is 6.40. The molecule has 0 spiro atoms. The Hall–Kier alpha value is -1.52. The van der Waals surface area contributed by atoms with Gasteiger partial charge in [0.25, 0.3) is 0 Å². The Kier molecular flexibility index (Phi) is 2.75. The molecule has 0 atom stereocenters. The number of thiophene rings is 1. The lowest BCUT2D eigenvalue weighted by molar-refractivity contribution is 0.917. The number of nitrogens with zero attached hydrogens (tertiary/aromatic N) is 3. The summed E-state index contributed by atoms with van der Waals surface area (Å²) in [5.74, 6) is 0.617. The number of halogens is 1. The first-order valence-corrected chi connectivity index (χ1v) is 7.82. The monoisotopic (exact) mass is 301 g/mol. The molecule has 3 nitrogen and oxygen atoms in total. The van der Waals surface area contributed by atoms with Gasteiger partial charge in [-0.1, -0.05) is 11.6 Å². The standard InChI is InChI=1S/C15H12ClN3S/c1-8-5-6-17-10(7-8)14-18-13(16)12-9-3-2-4-11(9)20-15(12)19-14/h5-7H,2-4H2,1H3. The molecule has 0 amide bonds. The van der Waals surface area contributed by atoms with Gasteiger partial charge in [0, 0.05) is 11.1 Å². The van der Waals surface area contributed by atoms with Crippen molar-refractivity contribution in [1.82, 2.24) is 15.0 Å². The fourth-order valence-corrected chi connectivity index (χ4v) is 4.33.